The topological polar surface area (TPSA) is 46.5 Å². The Kier molecular flexibility index (Phi) is 2.33. The van der Waals surface area contributed by atoms with Gasteiger partial charge in [0.2, 0.25) is 0 Å². The van der Waals surface area contributed by atoms with Crippen molar-refractivity contribution < 1.29 is 8.42 Å². The molecule has 3 nitrogen and oxygen atoms in total. The highest BCUT2D eigenvalue weighted by molar-refractivity contribution is 7.91. The molecule has 1 fully saturated rings. The zero-order valence-corrected chi connectivity index (χ0v) is 9.49. The Morgan fingerprint density at radius 1 is 1.50 bits per heavy atom. The van der Waals surface area contributed by atoms with E-state index >= 15 is 0 Å². The number of hydrogen-bond donors (Lipinski definition) is 0. The van der Waals surface area contributed by atoms with Crippen LogP contribution >= 0.6 is 12.2 Å². The van der Waals surface area contributed by atoms with Gasteiger partial charge in [0.15, 0.2) is 9.84 Å². The molecule has 0 aromatic heterocycles. The number of rotatable bonds is 2. The van der Waals surface area contributed by atoms with Gasteiger partial charge in [0.05, 0.1) is 16.1 Å². The molecular formula is C9H11NO2S2. The maximum atomic E-state index is 11.5. The molecule has 2 rings (SSSR count). The van der Waals surface area contributed by atoms with Crippen LogP contribution in [0.3, 0.4) is 0 Å². The molecular weight excluding hydrogens is 218 g/mol. The van der Waals surface area contributed by atoms with Crippen LogP contribution in [0.25, 0.3) is 0 Å². The van der Waals surface area contributed by atoms with Crippen molar-refractivity contribution in [2.75, 3.05) is 6.26 Å². The highest BCUT2D eigenvalue weighted by Gasteiger charge is 2.42. The number of thiocarbonyl (C=S) groups is 1. The van der Waals surface area contributed by atoms with Gasteiger partial charge in [-0.15, -0.1) is 0 Å². The normalized spacial score (nSPS) is 30.6. The summed E-state index contributed by atoms with van der Waals surface area (Å²) in [6.45, 7) is 0. The van der Waals surface area contributed by atoms with E-state index in [0.29, 0.717) is 5.92 Å². The van der Waals surface area contributed by atoms with Crippen LogP contribution in [0, 0.1) is 5.92 Å². The van der Waals surface area contributed by atoms with E-state index in [2.05, 4.69) is 22.4 Å². The third-order valence-electron chi connectivity index (χ3n) is 2.99. The highest BCUT2D eigenvalue weighted by atomic mass is 32.2. The average molecular weight is 229 g/mol. The maximum Gasteiger partial charge on any atom is 0.154 e. The minimum Gasteiger partial charge on any atom is -0.229 e. The number of isothiocyanates is 1. The average Bonchev–Trinajstić information content (AvgIpc) is 2.61. The van der Waals surface area contributed by atoms with Crippen LogP contribution in [0.2, 0.25) is 0 Å². The van der Waals surface area contributed by atoms with Gasteiger partial charge in [0.1, 0.15) is 0 Å². The Morgan fingerprint density at radius 3 is 2.71 bits per heavy atom. The first-order valence-electron chi connectivity index (χ1n) is 4.51. The van der Waals surface area contributed by atoms with Crippen molar-refractivity contribution in [2.24, 2.45) is 10.9 Å². The summed E-state index contributed by atoms with van der Waals surface area (Å²) >= 11 is 4.54. The summed E-state index contributed by atoms with van der Waals surface area (Å²) < 4.78 is 22.9. The molecule has 0 N–H and O–H groups in total. The van der Waals surface area contributed by atoms with Gasteiger partial charge < -0.3 is 0 Å². The summed E-state index contributed by atoms with van der Waals surface area (Å²) in [5, 5.41) is 2.02. The van der Waals surface area contributed by atoms with Crippen LogP contribution in [-0.4, -0.2) is 25.1 Å². The summed E-state index contributed by atoms with van der Waals surface area (Å²) in [6, 6.07) is 0. The smallest absolute Gasteiger partial charge is 0.154 e. The van der Waals surface area contributed by atoms with E-state index < -0.39 is 9.84 Å². The van der Waals surface area contributed by atoms with Crippen LogP contribution in [0.1, 0.15) is 19.3 Å². The quantitative estimate of drug-likeness (QED) is 0.533. The third-order valence-corrected chi connectivity index (χ3v) is 4.60. The lowest BCUT2D eigenvalue weighted by atomic mass is 10.0. The first kappa shape index (κ1) is 10.0. The minimum atomic E-state index is -2.96. The molecule has 2 bridgehead atoms. The van der Waals surface area contributed by atoms with Gasteiger partial charge in [0.25, 0.3) is 0 Å². The molecule has 0 radical (unpaired) electrons. The summed E-state index contributed by atoms with van der Waals surface area (Å²) in [4.78, 5) is 3.95. The molecule has 2 aliphatic rings. The third kappa shape index (κ3) is 1.56. The lowest BCUT2D eigenvalue weighted by molar-refractivity contribution is 0.543. The fraction of sp³-hybridized carbons (Fsp3) is 0.667. The molecule has 0 amide bonds. The fourth-order valence-electron chi connectivity index (χ4n) is 2.44. The molecule has 2 unspecified atom stereocenters. The van der Waals surface area contributed by atoms with Crippen molar-refractivity contribution in [3.8, 4) is 0 Å². The van der Waals surface area contributed by atoms with Gasteiger partial charge in [-0.2, -0.15) is 4.99 Å². The molecule has 2 aliphatic carbocycles. The molecule has 2 atom stereocenters. The number of allylic oxidation sites excluding steroid dienone is 1. The van der Waals surface area contributed by atoms with E-state index in [1.54, 1.807) is 0 Å². The number of aliphatic imine (C=N–C) groups is 1. The van der Waals surface area contributed by atoms with Crippen LogP contribution in [0.4, 0.5) is 0 Å². The van der Waals surface area contributed by atoms with Crippen molar-refractivity contribution in [3.05, 3.63) is 11.3 Å². The summed E-state index contributed by atoms with van der Waals surface area (Å²) in [5.41, 5.74) is 1.85. The molecule has 0 spiro atoms. The molecule has 14 heavy (non-hydrogen) atoms. The molecule has 0 heterocycles. The first-order valence-corrected chi connectivity index (χ1v) is 6.87. The number of fused-ring (bicyclic) bond motifs is 2. The van der Waals surface area contributed by atoms with Gasteiger partial charge >= 0.3 is 0 Å². The number of hydrogen-bond acceptors (Lipinski definition) is 4. The maximum absolute atomic E-state index is 11.5. The zero-order valence-electron chi connectivity index (χ0n) is 7.86. The van der Waals surface area contributed by atoms with Crippen molar-refractivity contribution in [3.63, 3.8) is 0 Å². The van der Waals surface area contributed by atoms with Crippen LogP contribution in [0.5, 0.6) is 0 Å². The largest absolute Gasteiger partial charge is 0.229 e. The Balaban J connectivity index is 2.43. The first-order chi connectivity index (χ1) is 6.52. The van der Waals surface area contributed by atoms with Crippen LogP contribution in [-0.2, 0) is 9.84 Å². The fourth-order valence-corrected chi connectivity index (χ4v) is 3.92. The molecule has 76 valence electrons. The van der Waals surface area contributed by atoms with E-state index in [-0.39, 0.29) is 5.25 Å². The molecule has 0 aliphatic heterocycles. The Morgan fingerprint density at radius 2 is 2.21 bits per heavy atom. The second kappa shape index (κ2) is 3.26. The van der Waals surface area contributed by atoms with Gasteiger partial charge in [-0.1, -0.05) is 0 Å². The van der Waals surface area contributed by atoms with E-state index in [4.69, 9.17) is 0 Å². The minimum absolute atomic E-state index is 0.302. The van der Waals surface area contributed by atoms with E-state index in [1.165, 1.54) is 6.26 Å². The van der Waals surface area contributed by atoms with Crippen LogP contribution < -0.4 is 0 Å². The molecule has 5 heteroatoms. The van der Waals surface area contributed by atoms with Crippen LogP contribution in [0.15, 0.2) is 16.3 Å². The predicted molar refractivity (Wildman–Crippen MR) is 58.0 cm³/mol. The lowest BCUT2D eigenvalue weighted by Crippen LogP contribution is -2.21. The predicted octanol–water partition coefficient (Wildman–Crippen LogP) is 1.57. The number of nitrogens with zero attached hydrogens (tertiary/aromatic N) is 1. The standard InChI is InChI=1S/C9H11NO2S2/c1-14(11,12)9-4-6-2-7(9)8(3-6)10-5-13/h6,9H,2-4H2,1H3. The molecule has 1 saturated carbocycles. The SMILES string of the molecule is CS(=O)(=O)C1CC2CC(N=C=S)=C1C2. The highest BCUT2D eigenvalue weighted by Crippen LogP contribution is 2.47. The van der Waals surface area contributed by atoms with Gasteiger partial charge in [-0.3, -0.25) is 0 Å². The van der Waals surface area contributed by atoms with Gasteiger partial charge in [-0.25, -0.2) is 8.42 Å². The summed E-state index contributed by atoms with van der Waals surface area (Å²) in [5.74, 6) is 0.465. The van der Waals surface area contributed by atoms with Crippen molar-refractivity contribution >= 4 is 27.2 Å². The monoisotopic (exact) mass is 229 g/mol. The van der Waals surface area contributed by atoms with E-state index in [0.717, 1.165) is 30.5 Å². The Hall–Kier alpha value is -0.510. The Bertz CT molecular complexity index is 443. The molecule has 0 saturated heterocycles. The molecule has 0 aromatic carbocycles. The molecule has 0 aromatic rings. The van der Waals surface area contributed by atoms with Crippen molar-refractivity contribution in [1.29, 1.82) is 0 Å². The second-order valence-corrected chi connectivity index (χ2v) is 6.41. The summed E-state index contributed by atoms with van der Waals surface area (Å²) in [6.07, 6.45) is 3.83. The lowest BCUT2D eigenvalue weighted by Gasteiger charge is -2.15. The Labute approximate surface area is 88.8 Å². The van der Waals surface area contributed by atoms with Gasteiger partial charge in [0, 0.05) is 6.26 Å². The van der Waals surface area contributed by atoms with E-state index in [1.807, 2.05) is 0 Å². The van der Waals surface area contributed by atoms with E-state index in [9.17, 15) is 8.42 Å². The van der Waals surface area contributed by atoms with Crippen molar-refractivity contribution in [2.45, 2.75) is 24.5 Å². The summed E-state index contributed by atoms with van der Waals surface area (Å²) in [7, 11) is -2.96. The number of sulfone groups is 1. The zero-order chi connectivity index (χ0) is 10.3. The van der Waals surface area contributed by atoms with Gasteiger partial charge in [-0.05, 0) is 43.0 Å². The second-order valence-electron chi connectivity index (χ2n) is 4.00. The van der Waals surface area contributed by atoms with Crippen molar-refractivity contribution in [1.82, 2.24) is 0 Å².